The maximum absolute atomic E-state index is 14.3. The Morgan fingerprint density at radius 1 is 0.977 bits per heavy atom. The van der Waals surface area contributed by atoms with Crippen molar-refractivity contribution in [2.24, 2.45) is 5.92 Å². The number of rotatable bonds is 7. The van der Waals surface area contributed by atoms with E-state index in [-0.39, 0.29) is 22.8 Å². The second-order valence-corrected chi connectivity index (χ2v) is 10.9. The van der Waals surface area contributed by atoms with Crippen molar-refractivity contribution >= 4 is 34.8 Å². The lowest BCUT2D eigenvalue weighted by Crippen LogP contribution is -2.51. The van der Waals surface area contributed by atoms with Gasteiger partial charge >= 0.3 is 6.18 Å². The fraction of sp³-hybridized carbons (Fsp3) is 0.242. The van der Waals surface area contributed by atoms with Crippen LogP contribution in [-0.4, -0.2) is 52.7 Å². The number of aliphatic hydroxyl groups is 1. The molecule has 1 amide bonds. The van der Waals surface area contributed by atoms with Gasteiger partial charge in [0, 0.05) is 35.1 Å². The van der Waals surface area contributed by atoms with E-state index in [1.165, 1.54) is 30.3 Å². The molecule has 0 saturated carbocycles. The zero-order chi connectivity index (χ0) is 30.9. The lowest BCUT2D eigenvalue weighted by atomic mass is 9.82. The monoisotopic (exact) mass is 608 g/mol. The number of nitrogens with zero attached hydrogens (tertiary/aromatic N) is 2. The zero-order valence-electron chi connectivity index (χ0n) is 23.1. The molecule has 222 valence electrons. The molecule has 5 rings (SSSR count). The van der Waals surface area contributed by atoms with E-state index in [1.807, 2.05) is 0 Å². The van der Waals surface area contributed by atoms with Crippen molar-refractivity contribution in [3.63, 3.8) is 0 Å². The number of amides is 1. The SMILES string of the molecule is Cc1c(Cl)cccc1N(C(=O)c1ccccc1C(F)(F)F)C1C=CC=C(N2CC[C@H](O)C2)C1C(=O)C(=O)c1ccccc1. The number of benzene rings is 3. The molecule has 1 fully saturated rings. The summed E-state index contributed by atoms with van der Waals surface area (Å²) in [7, 11) is 0. The Hall–Kier alpha value is -4.21. The molecule has 1 saturated heterocycles. The van der Waals surface area contributed by atoms with Crippen molar-refractivity contribution in [3.05, 3.63) is 124 Å². The Labute approximate surface area is 251 Å². The van der Waals surface area contributed by atoms with E-state index in [4.69, 9.17) is 11.6 Å². The molecule has 1 N–H and O–H groups in total. The van der Waals surface area contributed by atoms with Crippen LogP contribution < -0.4 is 4.90 Å². The number of aliphatic hydroxyl groups excluding tert-OH is 1. The summed E-state index contributed by atoms with van der Waals surface area (Å²) in [6.07, 6.45) is -0.292. The van der Waals surface area contributed by atoms with Gasteiger partial charge in [-0.25, -0.2) is 0 Å². The predicted octanol–water partition coefficient (Wildman–Crippen LogP) is 6.27. The van der Waals surface area contributed by atoms with Gasteiger partial charge in [0.05, 0.1) is 29.2 Å². The lowest BCUT2D eigenvalue weighted by Gasteiger charge is -2.40. The van der Waals surface area contributed by atoms with Crippen molar-refractivity contribution in [1.29, 1.82) is 0 Å². The number of hydrogen-bond donors (Lipinski definition) is 1. The van der Waals surface area contributed by atoms with Crippen molar-refractivity contribution in [2.75, 3.05) is 18.0 Å². The van der Waals surface area contributed by atoms with E-state index >= 15 is 0 Å². The highest BCUT2D eigenvalue weighted by molar-refractivity contribution is 6.45. The fourth-order valence-corrected chi connectivity index (χ4v) is 5.81. The molecule has 6 nitrogen and oxygen atoms in total. The second kappa shape index (κ2) is 12.2. The number of carbonyl (C=O) groups is 3. The summed E-state index contributed by atoms with van der Waals surface area (Å²) in [4.78, 5) is 45.0. The minimum absolute atomic E-state index is 0.140. The molecule has 1 aliphatic carbocycles. The number of ketones is 2. The van der Waals surface area contributed by atoms with Gasteiger partial charge in [-0.1, -0.05) is 72.3 Å². The summed E-state index contributed by atoms with van der Waals surface area (Å²) >= 11 is 6.42. The van der Waals surface area contributed by atoms with E-state index in [2.05, 4.69) is 0 Å². The first kappa shape index (κ1) is 30.3. The molecule has 0 spiro atoms. The molecule has 0 aromatic heterocycles. The number of Topliss-reactive ketones (excluding diaryl/α,β-unsaturated/α-hetero) is 2. The van der Waals surface area contributed by atoms with Crippen LogP contribution in [0.3, 0.4) is 0 Å². The Morgan fingerprint density at radius 2 is 1.67 bits per heavy atom. The number of halogens is 4. The Bertz CT molecular complexity index is 1620. The van der Waals surface area contributed by atoms with E-state index < -0.39 is 52.8 Å². The van der Waals surface area contributed by atoms with Gasteiger partial charge in [-0.15, -0.1) is 0 Å². The number of allylic oxidation sites excluding steroid dienone is 2. The minimum atomic E-state index is -4.83. The van der Waals surface area contributed by atoms with E-state index in [0.29, 0.717) is 24.2 Å². The van der Waals surface area contributed by atoms with Crippen LogP contribution in [0.4, 0.5) is 18.9 Å². The fourth-order valence-electron chi connectivity index (χ4n) is 5.64. The molecule has 3 aromatic rings. The van der Waals surface area contributed by atoms with Gasteiger partial charge in [-0.2, -0.15) is 13.2 Å². The number of alkyl halides is 3. The van der Waals surface area contributed by atoms with Gasteiger partial charge in [-0.05, 0) is 49.2 Å². The van der Waals surface area contributed by atoms with Crippen LogP contribution in [0.25, 0.3) is 0 Å². The van der Waals surface area contributed by atoms with Gasteiger partial charge in [0.15, 0.2) is 0 Å². The molecule has 3 aromatic carbocycles. The third-order valence-electron chi connectivity index (χ3n) is 7.78. The standard InChI is InChI=1S/C33H28ClF3N2O4/c1-20-25(34)13-7-14-26(20)39(32(43)23-11-5-6-12-24(23)33(35,36)37)28-16-8-15-27(38-18-17-22(40)19-38)29(28)31(42)30(41)21-9-3-2-4-10-21/h2-16,22,28-29,40H,17-19H2,1H3/t22-,28?,29?/m0/s1. The Morgan fingerprint density at radius 3 is 2.35 bits per heavy atom. The highest BCUT2D eigenvalue weighted by atomic mass is 35.5. The third kappa shape index (κ3) is 6.00. The number of anilines is 1. The normalized spacial score (nSPS) is 20.1. The lowest BCUT2D eigenvalue weighted by molar-refractivity contribution is -0.138. The average molecular weight is 609 g/mol. The molecular formula is C33H28ClF3N2O4. The molecule has 0 radical (unpaired) electrons. The summed E-state index contributed by atoms with van der Waals surface area (Å²) in [6, 6.07) is 15.9. The molecule has 1 heterocycles. The maximum Gasteiger partial charge on any atom is 0.417 e. The van der Waals surface area contributed by atoms with Crippen LogP contribution in [0.15, 0.2) is 96.7 Å². The van der Waals surface area contributed by atoms with Crippen LogP contribution in [0.1, 0.15) is 38.3 Å². The number of hydrogen-bond acceptors (Lipinski definition) is 5. The summed E-state index contributed by atoms with van der Waals surface area (Å²) in [6.45, 7) is 2.20. The first-order valence-electron chi connectivity index (χ1n) is 13.7. The molecule has 1 aliphatic heterocycles. The summed E-state index contributed by atoms with van der Waals surface area (Å²) in [5, 5.41) is 10.5. The van der Waals surface area contributed by atoms with Gasteiger partial charge in [-0.3, -0.25) is 19.3 Å². The van der Waals surface area contributed by atoms with Crippen molar-refractivity contribution < 1.29 is 32.7 Å². The largest absolute Gasteiger partial charge is 0.417 e. The quantitative estimate of drug-likeness (QED) is 0.253. The molecule has 0 bridgehead atoms. The van der Waals surface area contributed by atoms with Gasteiger partial charge in [0.25, 0.3) is 5.91 Å². The van der Waals surface area contributed by atoms with Crippen LogP contribution in [0.2, 0.25) is 5.02 Å². The zero-order valence-corrected chi connectivity index (χ0v) is 23.8. The average Bonchev–Trinajstić information content (AvgIpc) is 3.44. The maximum atomic E-state index is 14.3. The van der Waals surface area contributed by atoms with Crippen molar-refractivity contribution in [3.8, 4) is 0 Å². The topological polar surface area (TPSA) is 77.9 Å². The number of likely N-dealkylation sites (tertiary alicyclic amines) is 1. The number of β-amino-alcohol motifs (C(OH)–C–C–N with tert-alkyl or cyclic N) is 1. The van der Waals surface area contributed by atoms with Crippen molar-refractivity contribution in [1.82, 2.24) is 4.90 Å². The van der Waals surface area contributed by atoms with Crippen LogP contribution in [0.5, 0.6) is 0 Å². The van der Waals surface area contributed by atoms with Crippen LogP contribution in [0, 0.1) is 12.8 Å². The highest BCUT2D eigenvalue weighted by Gasteiger charge is 2.45. The molecule has 3 atom stereocenters. The smallest absolute Gasteiger partial charge is 0.391 e. The second-order valence-electron chi connectivity index (χ2n) is 10.5. The van der Waals surface area contributed by atoms with Gasteiger partial charge in [0.2, 0.25) is 11.6 Å². The Kier molecular flexibility index (Phi) is 8.57. The first-order chi connectivity index (χ1) is 20.5. The van der Waals surface area contributed by atoms with Crippen LogP contribution in [-0.2, 0) is 11.0 Å². The van der Waals surface area contributed by atoms with Gasteiger partial charge < -0.3 is 10.0 Å². The Balaban J connectivity index is 1.70. The third-order valence-corrected chi connectivity index (χ3v) is 8.19. The predicted molar refractivity (Wildman–Crippen MR) is 157 cm³/mol. The minimum Gasteiger partial charge on any atom is -0.391 e. The first-order valence-corrected chi connectivity index (χ1v) is 14.1. The van der Waals surface area contributed by atoms with E-state index in [0.717, 1.165) is 17.0 Å². The molecule has 10 heteroatoms. The van der Waals surface area contributed by atoms with E-state index in [1.54, 1.807) is 60.4 Å². The molecule has 2 unspecified atom stereocenters. The summed E-state index contributed by atoms with van der Waals surface area (Å²) < 4.78 is 42.4. The molecular weight excluding hydrogens is 581 g/mol. The molecule has 2 aliphatic rings. The number of carbonyl (C=O) groups excluding carboxylic acids is 3. The highest BCUT2D eigenvalue weighted by Crippen LogP contribution is 2.39. The van der Waals surface area contributed by atoms with Crippen LogP contribution >= 0.6 is 11.6 Å². The molecule has 43 heavy (non-hydrogen) atoms. The van der Waals surface area contributed by atoms with Crippen molar-refractivity contribution in [2.45, 2.75) is 31.7 Å². The summed E-state index contributed by atoms with van der Waals surface area (Å²) in [5.74, 6) is -3.94. The summed E-state index contributed by atoms with van der Waals surface area (Å²) in [5.41, 5.74) is -0.622. The van der Waals surface area contributed by atoms with Gasteiger partial charge in [0.1, 0.15) is 0 Å². The van der Waals surface area contributed by atoms with E-state index in [9.17, 15) is 32.7 Å².